The molecule has 3 amide bonds. The number of anilines is 1. The predicted octanol–water partition coefficient (Wildman–Crippen LogP) is 5.57. The first kappa shape index (κ1) is 24.1. The van der Waals surface area contributed by atoms with Crippen LogP contribution in [-0.2, 0) is 0 Å². The van der Waals surface area contributed by atoms with Gasteiger partial charge in [-0.25, -0.2) is 4.79 Å². The molecule has 36 heavy (non-hydrogen) atoms. The Morgan fingerprint density at radius 3 is 2.53 bits per heavy atom. The van der Waals surface area contributed by atoms with Gasteiger partial charge in [0.25, 0.3) is 5.91 Å². The molecule has 188 valence electrons. The normalized spacial score (nSPS) is 16.7. The maximum atomic E-state index is 13.1. The summed E-state index contributed by atoms with van der Waals surface area (Å²) in [6.07, 6.45) is 9.41. The third kappa shape index (κ3) is 5.96. The molecule has 2 fully saturated rings. The highest BCUT2D eigenvalue weighted by Gasteiger charge is 2.25. The van der Waals surface area contributed by atoms with E-state index in [1.807, 2.05) is 59.5 Å². The van der Waals surface area contributed by atoms with E-state index in [9.17, 15) is 9.59 Å². The largest absolute Gasteiger partial charge is 0.494 e. The summed E-state index contributed by atoms with van der Waals surface area (Å²) in [6, 6.07) is 17.0. The maximum Gasteiger partial charge on any atom is 0.322 e. The molecule has 1 aliphatic heterocycles. The molecule has 7 heteroatoms. The van der Waals surface area contributed by atoms with E-state index in [0.29, 0.717) is 44.0 Å². The van der Waals surface area contributed by atoms with Crippen LogP contribution in [0.2, 0.25) is 0 Å². The molecule has 0 atom stereocenters. The SMILES string of the molecule is O=C(Nc1cnc2ccccc2c1)N1CCN(C(=O)c2cccc(OCCC3CCCCC3)c2)CC1. The van der Waals surface area contributed by atoms with Crippen molar-refractivity contribution in [2.75, 3.05) is 38.1 Å². The van der Waals surface area contributed by atoms with Gasteiger partial charge in [-0.05, 0) is 42.7 Å². The van der Waals surface area contributed by atoms with E-state index in [2.05, 4.69) is 10.3 Å². The molecule has 2 aromatic carbocycles. The molecule has 1 aliphatic carbocycles. The number of amides is 3. The van der Waals surface area contributed by atoms with Gasteiger partial charge in [-0.3, -0.25) is 9.78 Å². The standard InChI is InChI=1S/C29H34N4O3/c34-28(24-10-6-11-26(20-24)36-18-13-22-7-2-1-3-8-22)32-14-16-33(17-15-32)29(35)31-25-19-23-9-4-5-12-27(23)30-21-25/h4-6,9-12,19-22H,1-3,7-8,13-18H2,(H,31,35). The molecule has 2 aliphatic rings. The third-order valence-electron chi connectivity index (χ3n) is 7.30. The number of rotatable bonds is 6. The van der Waals surface area contributed by atoms with E-state index in [1.54, 1.807) is 11.1 Å². The fourth-order valence-corrected chi connectivity index (χ4v) is 5.18. The Morgan fingerprint density at radius 2 is 1.69 bits per heavy atom. The molecule has 0 bridgehead atoms. The van der Waals surface area contributed by atoms with Crippen LogP contribution < -0.4 is 10.1 Å². The molecule has 2 heterocycles. The van der Waals surface area contributed by atoms with Gasteiger partial charge in [0.05, 0.1) is 24.0 Å². The molecule has 7 nitrogen and oxygen atoms in total. The first-order chi connectivity index (χ1) is 17.7. The van der Waals surface area contributed by atoms with Crippen LogP contribution in [0, 0.1) is 5.92 Å². The summed E-state index contributed by atoms with van der Waals surface area (Å²) in [5.74, 6) is 1.50. The van der Waals surface area contributed by atoms with Crippen molar-refractivity contribution in [2.24, 2.45) is 5.92 Å². The van der Waals surface area contributed by atoms with Gasteiger partial charge in [0.2, 0.25) is 0 Å². The average Bonchev–Trinajstić information content (AvgIpc) is 2.93. The van der Waals surface area contributed by atoms with Crippen molar-refractivity contribution in [2.45, 2.75) is 38.5 Å². The van der Waals surface area contributed by atoms with Gasteiger partial charge < -0.3 is 19.9 Å². The lowest BCUT2D eigenvalue weighted by molar-refractivity contribution is 0.0671. The van der Waals surface area contributed by atoms with Crippen LogP contribution in [0.1, 0.15) is 48.9 Å². The van der Waals surface area contributed by atoms with Crippen molar-refractivity contribution in [1.29, 1.82) is 0 Å². The smallest absolute Gasteiger partial charge is 0.322 e. The second kappa shape index (κ2) is 11.4. The van der Waals surface area contributed by atoms with Crippen LogP contribution in [-0.4, -0.2) is 59.5 Å². The number of para-hydroxylation sites is 1. The van der Waals surface area contributed by atoms with Crippen molar-refractivity contribution in [3.63, 3.8) is 0 Å². The molecule has 0 spiro atoms. The van der Waals surface area contributed by atoms with Crippen LogP contribution >= 0.6 is 0 Å². The van der Waals surface area contributed by atoms with Crippen molar-refractivity contribution in [1.82, 2.24) is 14.8 Å². The number of nitrogens with zero attached hydrogens (tertiary/aromatic N) is 3. The number of carbonyl (C=O) groups is 2. The van der Waals surface area contributed by atoms with E-state index < -0.39 is 0 Å². The maximum absolute atomic E-state index is 13.1. The fraction of sp³-hybridized carbons (Fsp3) is 0.414. The van der Waals surface area contributed by atoms with Gasteiger partial charge in [0.15, 0.2) is 0 Å². The van der Waals surface area contributed by atoms with Crippen LogP contribution in [0.3, 0.4) is 0 Å². The summed E-state index contributed by atoms with van der Waals surface area (Å²) in [5, 5.41) is 3.91. The molecule has 1 saturated carbocycles. The highest BCUT2D eigenvalue weighted by atomic mass is 16.5. The quantitative estimate of drug-likeness (QED) is 0.494. The average molecular weight is 487 g/mol. The molecule has 1 N–H and O–H groups in total. The van der Waals surface area contributed by atoms with Gasteiger partial charge in [0, 0.05) is 37.1 Å². The number of urea groups is 1. The molecule has 0 radical (unpaired) electrons. The number of hydrogen-bond donors (Lipinski definition) is 1. The first-order valence-corrected chi connectivity index (χ1v) is 13.1. The fourth-order valence-electron chi connectivity index (χ4n) is 5.18. The lowest BCUT2D eigenvalue weighted by Crippen LogP contribution is -2.51. The van der Waals surface area contributed by atoms with Gasteiger partial charge >= 0.3 is 6.03 Å². The summed E-state index contributed by atoms with van der Waals surface area (Å²) in [5.41, 5.74) is 2.18. The Hall–Kier alpha value is -3.61. The number of carbonyl (C=O) groups excluding carboxylic acids is 2. The number of fused-ring (bicyclic) bond motifs is 1. The summed E-state index contributed by atoms with van der Waals surface area (Å²) < 4.78 is 5.98. The first-order valence-electron chi connectivity index (χ1n) is 13.1. The highest BCUT2D eigenvalue weighted by molar-refractivity contribution is 5.95. The van der Waals surface area contributed by atoms with Crippen LogP contribution in [0.25, 0.3) is 10.9 Å². The Kier molecular flexibility index (Phi) is 7.64. The van der Waals surface area contributed by atoms with Gasteiger partial charge in [-0.15, -0.1) is 0 Å². The summed E-state index contributed by atoms with van der Waals surface area (Å²) in [4.78, 5) is 33.8. The lowest BCUT2D eigenvalue weighted by Gasteiger charge is -2.34. The topological polar surface area (TPSA) is 74.8 Å². The van der Waals surface area contributed by atoms with Gasteiger partial charge in [-0.1, -0.05) is 56.4 Å². The summed E-state index contributed by atoms with van der Waals surface area (Å²) in [7, 11) is 0. The monoisotopic (exact) mass is 486 g/mol. The Labute approximate surface area is 212 Å². The van der Waals surface area contributed by atoms with Crippen molar-refractivity contribution in [3.05, 3.63) is 66.4 Å². The minimum Gasteiger partial charge on any atom is -0.494 e. The molecule has 0 unspecified atom stereocenters. The minimum absolute atomic E-state index is 0.0217. The van der Waals surface area contributed by atoms with E-state index in [4.69, 9.17) is 4.74 Å². The number of aromatic nitrogens is 1. The molecule has 1 saturated heterocycles. The van der Waals surface area contributed by atoms with Gasteiger partial charge in [0.1, 0.15) is 5.75 Å². The summed E-state index contributed by atoms with van der Waals surface area (Å²) >= 11 is 0. The molecular weight excluding hydrogens is 452 g/mol. The Morgan fingerprint density at radius 1 is 0.917 bits per heavy atom. The van der Waals surface area contributed by atoms with E-state index in [1.165, 1.54) is 32.1 Å². The number of hydrogen-bond acceptors (Lipinski definition) is 4. The molecule has 3 aromatic rings. The van der Waals surface area contributed by atoms with E-state index in [-0.39, 0.29) is 11.9 Å². The zero-order chi connectivity index (χ0) is 24.7. The van der Waals surface area contributed by atoms with Crippen molar-refractivity contribution >= 4 is 28.5 Å². The molecular formula is C29H34N4O3. The molecule has 1 aromatic heterocycles. The number of nitrogens with one attached hydrogen (secondary N) is 1. The second-order valence-corrected chi connectivity index (χ2v) is 9.80. The third-order valence-corrected chi connectivity index (χ3v) is 7.30. The van der Waals surface area contributed by atoms with E-state index >= 15 is 0 Å². The predicted molar refractivity (Wildman–Crippen MR) is 141 cm³/mol. The Balaban J connectivity index is 1.10. The van der Waals surface area contributed by atoms with Crippen LogP contribution in [0.4, 0.5) is 10.5 Å². The van der Waals surface area contributed by atoms with E-state index in [0.717, 1.165) is 29.0 Å². The van der Waals surface area contributed by atoms with Crippen LogP contribution in [0.15, 0.2) is 60.8 Å². The summed E-state index contributed by atoms with van der Waals surface area (Å²) in [6.45, 7) is 2.65. The number of ether oxygens (including phenoxy) is 1. The Bertz CT molecular complexity index is 1200. The van der Waals surface area contributed by atoms with Crippen LogP contribution in [0.5, 0.6) is 5.75 Å². The molecule has 5 rings (SSSR count). The van der Waals surface area contributed by atoms with Crippen molar-refractivity contribution < 1.29 is 14.3 Å². The number of pyridine rings is 1. The zero-order valence-electron chi connectivity index (χ0n) is 20.7. The second-order valence-electron chi connectivity index (χ2n) is 9.80. The number of piperazine rings is 1. The highest BCUT2D eigenvalue weighted by Crippen LogP contribution is 2.26. The zero-order valence-corrected chi connectivity index (χ0v) is 20.7. The van der Waals surface area contributed by atoms with Gasteiger partial charge in [-0.2, -0.15) is 0 Å². The number of benzene rings is 2. The minimum atomic E-state index is -0.174. The lowest BCUT2D eigenvalue weighted by atomic mass is 9.87. The van der Waals surface area contributed by atoms with Crippen molar-refractivity contribution in [3.8, 4) is 5.75 Å².